The van der Waals surface area contributed by atoms with Crippen LogP contribution in [-0.2, 0) is 18.4 Å². The maximum absolute atomic E-state index is 12.0. The predicted molar refractivity (Wildman–Crippen MR) is 87.8 cm³/mol. The average molecular weight is 320 g/mol. The lowest BCUT2D eigenvalue weighted by atomic mass is 9.72. The van der Waals surface area contributed by atoms with E-state index in [0.717, 1.165) is 51.1 Å². The van der Waals surface area contributed by atoms with E-state index < -0.39 is 0 Å². The smallest absolute Gasteiger partial charge is 0.222 e. The number of hydrogen-bond donors (Lipinski definition) is 1. The molecule has 1 aromatic heterocycles. The molecule has 2 aliphatic rings. The molecule has 2 aliphatic heterocycles. The Morgan fingerprint density at radius 2 is 2.04 bits per heavy atom. The molecule has 6 heteroatoms. The highest BCUT2D eigenvalue weighted by Crippen LogP contribution is 2.40. The maximum atomic E-state index is 12.0. The molecule has 0 aliphatic carbocycles. The van der Waals surface area contributed by atoms with Gasteiger partial charge in [0.2, 0.25) is 5.91 Å². The molecule has 3 heterocycles. The van der Waals surface area contributed by atoms with E-state index in [1.807, 2.05) is 16.6 Å². The molecule has 0 aromatic carbocycles. The highest BCUT2D eigenvalue weighted by molar-refractivity contribution is 5.77. The Hall–Kier alpha value is -1.40. The number of carbonyl (C=O) groups is 1. The van der Waals surface area contributed by atoms with Crippen LogP contribution in [0, 0.1) is 12.3 Å². The molecule has 1 amide bonds. The largest absolute Gasteiger partial charge is 0.395 e. The van der Waals surface area contributed by atoms with Crippen molar-refractivity contribution < 1.29 is 9.90 Å². The van der Waals surface area contributed by atoms with E-state index in [0.29, 0.717) is 13.0 Å². The van der Waals surface area contributed by atoms with Crippen LogP contribution in [0.2, 0.25) is 0 Å². The van der Waals surface area contributed by atoms with Crippen molar-refractivity contribution in [1.29, 1.82) is 0 Å². The first-order valence-corrected chi connectivity index (χ1v) is 8.61. The SMILES string of the molecule is Cc1nn(C)cc1CN1CCC2(CCC(=O)N(CCO)C2)CC1. The Morgan fingerprint density at radius 3 is 2.65 bits per heavy atom. The average Bonchev–Trinajstić information content (AvgIpc) is 2.84. The van der Waals surface area contributed by atoms with Gasteiger partial charge in [-0.3, -0.25) is 14.4 Å². The fourth-order valence-electron chi connectivity index (χ4n) is 4.07. The van der Waals surface area contributed by atoms with Crippen molar-refractivity contribution in [3.63, 3.8) is 0 Å². The summed E-state index contributed by atoms with van der Waals surface area (Å²) in [5, 5.41) is 13.6. The molecule has 0 radical (unpaired) electrons. The van der Waals surface area contributed by atoms with Crippen LogP contribution in [0.25, 0.3) is 0 Å². The number of β-amino-alcohol motifs (C(OH)–C–C–N with tert-alkyl or cyclic N) is 1. The Labute approximate surface area is 138 Å². The first kappa shape index (κ1) is 16.5. The minimum atomic E-state index is 0.0637. The number of carbonyl (C=O) groups excluding carboxylic acids is 1. The standard InChI is InChI=1S/C17H28N4O2/c1-14-15(11-19(2)18-14)12-20-7-5-17(6-8-20)4-3-16(23)21(13-17)9-10-22/h11,22H,3-10,12-13H2,1-2H3. The van der Waals surface area contributed by atoms with Crippen LogP contribution in [0.3, 0.4) is 0 Å². The first-order valence-electron chi connectivity index (χ1n) is 8.61. The Balaban J connectivity index is 1.57. The third-order valence-corrected chi connectivity index (χ3v) is 5.54. The molecule has 2 fully saturated rings. The summed E-state index contributed by atoms with van der Waals surface area (Å²) < 4.78 is 1.88. The fraction of sp³-hybridized carbons (Fsp3) is 0.765. The number of amides is 1. The second-order valence-corrected chi connectivity index (χ2v) is 7.23. The second-order valence-electron chi connectivity index (χ2n) is 7.23. The van der Waals surface area contributed by atoms with E-state index in [1.165, 1.54) is 5.56 Å². The van der Waals surface area contributed by atoms with Crippen molar-refractivity contribution in [2.24, 2.45) is 12.5 Å². The van der Waals surface area contributed by atoms with E-state index in [1.54, 1.807) is 0 Å². The second kappa shape index (κ2) is 6.61. The van der Waals surface area contributed by atoms with Crippen LogP contribution >= 0.6 is 0 Å². The summed E-state index contributed by atoms with van der Waals surface area (Å²) >= 11 is 0. The van der Waals surface area contributed by atoms with Gasteiger partial charge in [-0.15, -0.1) is 0 Å². The first-order chi connectivity index (χ1) is 11.0. The number of nitrogens with zero attached hydrogens (tertiary/aromatic N) is 4. The van der Waals surface area contributed by atoms with Crippen molar-refractivity contribution >= 4 is 5.91 Å². The number of aromatic nitrogens is 2. The normalized spacial score (nSPS) is 22.0. The van der Waals surface area contributed by atoms with Gasteiger partial charge in [0.05, 0.1) is 12.3 Å². The molecule has 1 spiro atoms. The summed E-state index contributed by atoms with van der Waals surface area (Å²) in [6.07, 6.45) is 6.04. The summed E-state index contributed by atoms with van der Waals surface area (Å²) in [6.45, 7) is 6.57. The number of aliphatic hydroxyl groups is 1. The van der Waals surface area contributed by atoms with Gasteiger partial charge in [0, 0.05) is 44.9 Å². The highest BCUT2D eigenvalue weighted by atomic mass is 16.3. The number of likely N-dealkylation sites (tertiary alicyclic amines) is 2. The zero-order valence-electron chi connectivity index (χ0n) is 14.3. The van der Waals surface area contributed by atoms with Crippen molar-refractivity contribution in [2.75, 3.05) is 32.8 Å². The van der Waals surface area contributed by atoms with Gasteiger partial charge in [-0.05, 0) is 44.7 Å². The lowest BCUT2D eigenvalue weighted by Crippen LogP contribution is -2.51. The number of aryl methyl sites for hydroxylation is 2. The molecular formula is C17H28N4O2. The van der Waals surface area contributed by atoms with Gasteiger partial charge in [-0.25, -0.2) is 0 Å². The molecule has 3 rings (SSSR count). The fourth-order valence-corrected chi connectivity index (χ4v) is 4.07. The van der Waals surface area contributed by atoms with Crippen LogP contribution in [0.15, 0.2) is 6.20 Å². The summed E-state index contributed by atoms with van der Waals surface area (Å²) in [4.78, 5) is 16.3. The van der Waals surface area contributed by atoms with Crippen LogP contribution < -0.4 is 0 Å². The van der Waals surface area contributed by atoms with Gasteiger partial charge in [-0.1, -0.05) is 0 Å². The van der Waals surface area contributed by atoms with Gasteiger partial charge < -0.3 is 10.0 Å². The lowest BCUT2D eigenvalue weighted by Gasteiger charge is -2.47. The van der Waals surface area contributed by atoms with Gasteiger partial charge in [0.25, 0.3) is 0 Å². The van der Waals surface area contributed by atoms with Gasteiger partial charge in [-0.2, -0.15) is 5.10 Å². The van der Waals surface area contributed by atoms with Crippen LogP contribution in [0.1, 0.15) is 36.9 Å². The number of piperidine rings is 2. The van der Waals surface area contributed by atoms with E-state index in [2.05, 4.69) is 23.1 Å². The topological polar surface area (TPSA) is 61.6 Å². The summed E-state index contributed by atoms with van der Waals surface area (Å²) in [5.41, 5.74) is 2.69. The molecule has 0 bridgehead atoms. The van der Waals surface area contributed by atoms with Crippen molar-refractivity contribution in [3.8, 4) is 0 Å². The van der Waals surface area contributed by atoms with Gasteiger partial charge in [0.1, 0.15) is 0 Å². The van der Waals surface area contributed by atoms with Gasteiger partial charge in [0.15, 0.2) is 0 Å². The summed E-state index contributed by atoms with van der Waals surface area (Å²) in [7, 11) is 1.97. The van der Waals surface area contributed by atoms with E-state index in [4.69, 9.17) is 5.11 Å². The monoisotopic (exact) mass is 320 g/mol. The highest BCUT2D eigenvalue weighted by Gasteiger charge is 2.40. The molecule has 1 aromatic rings. The molecular weight excluding hydrogens is 292 g/mol. The molecule has 0 atom stereocenters. The molecule has 0 saturated carbocycles. The zero-order chi connectivity index (χ0) is 16.4. The lowest BCUT2D eigenvalue weighted by molar-refractivity contribution is -0.139. The van der Waals surface area contributed by atoms with Crippen molar-refractivity contribution in [2.45, 2.75) is 39.2 Å². The Kier molecular flexibility index (Phi) is 4.73. The van der Waals surface area contributed by atoms with Crippen LogP contribution in [-0.4, -0.2) is 63.4 Å². The van der Waals surface area contributed by atoms with Crippen LogP contribution in [0.4, 0.5) is 0 Å². The molecule has 23 heavy (non-hydrogen) atoms. The Bertz CT molecular complexity index is 561. The van der Waals surface area contributed by atoms with Gasteiger partial charge >= 0.3 is 0 Å². The Morgan fingerprint density at radius 1 is 1.30 bits per heavy atom. The summed E-state index contributed by atoms with van der Waals surface area (Å²) in [6, 6.07) is 0. The van der Waals surface area contributed by atoms with Crippen molar-refractivity contribution in [1.82, 2.24) is 19.6 Å². The van der Waals surface area contributed by atoms with Crippen molar-refractivity contribution in [3.05, 3.63) is 17.5 Å². The molecule has 6 nitrogen and oxygen atoms in total. The van der Waals surface area contributed by atoms with E-state index >= 15 is 0 Å². The quantitative estimate of drug-likeness (QED) is 0.896. The number of aliphatic hydroxyl groups excluding tert-OH is 1. The molecule has 2 saturated heterocycles. The minimum Gasteiger partial charge on any atom is -0.395 e. The number of hydrogen-bond acceptors (Lipinski definition) is 4. The third kappa shape index (κ3) is 3.58. The minimum absolute atomic E-state index is 0.0637. The van der Waals surface area contributed by atoms with Crippen LogP contribution in [0.5, 0.6) is 0 Å². The number of rotatable bonds is 4. The van der Waals surface area contributed by atoms with E-state index in [-0.39, 0.29) is 17.9 Å². The molecule has 0 unspecified atom stereocenters. The predicted octanol–water partition coefficient (Wildman–Crippen LogP) is 0.925. The molecule has 1 N–H and O–H groups in total. The maximum Gasteiger partial charge on any atom is 0.222 e. The third-order valence-electron chi connectivity index (χ3n) is 5.54. The molecule has 128 valence electrons. The van der Waals surface area contributed by atoms with E-state index in [9.17, 15) is 4.79 Å². The summed E-state index contributed by atoms with van der Waals surface area (Å²) in [5.74, 6) is 0.207. The zero-order valence-corrected chi connectivity index (χ0v) is 14.3.